The van der Waals surface area contributed by atoms with Gasteiger partial charge in [0.2, 0.25) is 5.91 Å². The fraction of sp³-hybridized carbons (Fsp3) is 0.500. The van der Waals surface area contributed by atoms with Crippen LogP contribution < -0.4 is 11.1 Å². The van der Waals surface area contributed by atoms with Crippen LogP contribution in [0.4, 0.5) is 11.4 Å². The van der Waals surface area contributed by atoms with Crippen molar-refractivity contribution in [2.45, 2.75) is 25.9 Å². The minimum atomic E-state index is -0.356. The zero-order chi connectivity index (χ0) is 15.1. The largest absolute Gasteiger partial charge is 0.397 e. The lowest BCUT2D eigenvalue weighted by Crippen LogP contribution is -2.28. The number of rotatable bonds is 7. The molecule has 5 nitrogen and oxygen atoms in total. The third-order valence-corrected chi connectivity index (χ3v) is 3.14. The van der Waals surface area contributed by atoms with Gasteiger partial charge in [0.15, 0.2) is 0 Å². The molecule has 6 heteroatoms. The van der Waals surface area contributed by atoms with E-state index in [-0.39, 0.29) is 12.0 Å². The molecular weight excluding hydrogens is 278 g/mol. The Kier molecular flexibility index (Phi) is 6.78. The fourth-order valence-corrected chi connectivity index (χ4v) is 2.01. The lowest BCUT2D eigenvalue weighted by Gasteiger charge is -2.17. The van der Waals surface area contributed by atoms with Gasteiger partial charge in [0.1, 0.15) is 0 Å². The average molecular weight is 300 g/mol. The second kappa shape index (κ2) is 8.09. The second-order valence-corrected chi connectivity index (χ2v) is 5.41. The Morgan fingerprint density at radius 2 is 2.25 bits per heavy atom. The molecule has 1 rings (SSSR count). The Balaban J connectivity index is 2.31. The van der Waals surface area contributed by atoms with Crippen molar-refractivity contribution < 1.29 is 9.90 Å². The predicted molar refractivity (Wildman–Crippen MR) is 82.9 cm³/mol. The summed E-state index contributed by atoms with van der Waals surface area (Å²) in [6.07, 6.45) is 0.802. The summed E-state index contributed by atoms with van der Waals surface area (Å²) in [5.41, 5.74) is 6.76. The molecule has 1 aromatic rings. The molecule has 0 fully saturated rings. The molecule has 0 radical (unpaired) electrons. The quantitative estimate of drug-likeness (QED) is 0.673. The van der Waals surface area contributed by atoms with Gasteiger partial charge in [-0.15, -0.1) is 0 Å². The minimum absolute atomic E-state index is 0.0582. The van der Waals surface area contributed by atoms with Gasteiger partial charge in [-0.3, -0.25) is 4.79 Å². The molecule has 1 amide bonds. The van der Waals surface area contributed by atoms with Crippen molar-refractivity contribution in [2.75, 3.05) is 31.2 Å². The van der Waals surface area contributed by atoms with E-state index in [2.05, 4.69) is 5.32 Å². The van der Waals surface area contributed by atoms with E-state index in [0.717, 1.165) is 13.0 Å². The summed E-state index contributed by atoms with van der Waals surface area (Å²) in [5, 5.41) is 12.5. The van der Waals surface area contributed by atoms with Crippen molar-refractivity contribution >= 4 is 28.9 Å². The molecule has 1 aromatic carbocycles. The number of nitrogens with zero attached hydrogens (tertiary/aromatic N) is 1. The molecule has 0 aliphatic carbocycles. The normalized spacial score (nSPS) is 12.4. The number of amides is 1. The monoisotopic (exact) mass is 299 g/mol. The number of nitrogens with one attached hydrogen (secondary N) is 1. The highest BCUT2D eigenvalue weighted by Crippen LogP contribution is 2.22. The number of carbonyl (C=O) groups is 1. The molecule has 1 unspecified atom stereocenters. The highest BCUT2D eigenvalue weighted by molar-refractivity contribution is 6.33. The Labute approximate surface area is 124 Å². The van der Waals surface area contributed by atoms with Crippen LogP contribution in [-0.2, 0) is 4.79 Å². The number of aliphatic hydroxyl groups excluding tert-OH is 1. The van der Waals surface area contributed by atoms with Gasteiger partial charge >= 0.3 is 0 Å². The SMILES string of the molecule is CC(O)CN(C)CCCC(=O)Nc1ccc(Cl)c(N)c1. The van der Waals surface area contributed by atoms with Crippen LogP contribution in [0.2, 0.25) is 5.02 Å². The molecule has 1 atom stereocenters. The van der Waals surface area contributed by atoms with E-state index >= 15 is 0 Å². The van der Waals surface area contributed by atoms with Crippen LogP contribution in [0.15, 0.2) is 18.2 Å². The van der Waals surface area contributed by atoms with E-state index in [1.165, 1.54) is 0 Å². The van der Waals surface area contributed by atoms with Crippen molar-refractivity contribution in [3.05, 3.63) is 23.2 Å². The first-order chi connectivity index (χ1) is 9.38. The summed E-state index contributed by atoms with van der Waals surface area (Å²) in [6, 6.07) is 5.01. The van der Waals surface area contributed by atoms with Gasteiger partial charge < -0.3 is 21.1 Å². The number of halogens is 1. The van der Waals surface area contributed by atoms with Crippen molar-refractivity contribution in [1.82, 2.24) is 4.90 Å². The summed E-state index contributed by atoms with van der Waals surface area (Å²) in [7, 11) is 1.92. The lowest BCUT2D eigenvalue weighted by molar-refractivity contribution is -0.116. The first-order valence-corrected chi connectivity index (χ1v) is 6.97. The number of aliphatic hydroxyl groups is 1. The predicted octanol–water partition coefficient (Wildman–Crippen LogP) is 1.95. The van der Waals surface area contributed by atoms with Crippen LogP contribution in [0.25, 0.3) is 0 Å². The minimum Gasteiger partial charge on any atom is -0.397 e. The number of anilines is 2. The number of benzene rings is 1. The standard InChI is InChI=1S/C14H22ClN3O2/c1-10(19)9-18(2)7-3-4-14(20)17-11-5-6-12(15)13(16)8-11/h5-6,8,10,19H,3-4,7,9,16H2,1-2H3,(H,17,20). The zero-order valence-corrected chi connectivity index (χ0v) is 12.7. The molecule has 0 saturated carbocycles. The fourth-order valence-electron chi connectivity index (χ4n) is 1.90. The van der Waals surface area contributed by atoms with Gasteiger partial charge in [0, 0.05) is 18.7 Å². The topological polar surface area (TPSA) is 78.6 Å². The first-order valence-electron chi connectivity index (χ1n) is 6.60. The van der Waals surface area contributed by atoms with E-state index < -0.39 is 0 Å². The van der Waals surface area contributed by atoms with E-state index in [4.69, 9.17) is 17.3 Å². The van der Waals surface area contributed by atoms with Crippen molar-refractivity contribution in [2.24, 2.45) is 0 Å². The average Bonchev–Trinajstić information content (AvgIpc) is 2.33. The Bertz CT molecular complexity index is 452. The molecule has 0 aromatic heterocycles. The first kappa shape index (κ1) is 16.8. The van der Waals surface area contributed by atoms with Gasteiger partial charge in [-0.2, -0.15) is 0 Å². The highest BCUT2D eigenvalue weighted by atomic mass is 35.5. The molecule has 0 heterocycles. The molecular formula is C14H22ClN3O2. The highest BCUT2D eigenvalue weighted by Gasteiger charge is 2.06. The van der Waals surface area contributed by atoms with Crippen LogP contribution in [-0.4, -0.2) is 42.2 Å². The van der Waals surface area contributed by atoms with Gasteiger partial charge in [0.25, 0.3) is 0 Å². The van der Waals surface area contributed by atoms with Gasteiger partial charge in [-0.25, -0.2) is 0 Å². The number of nitrogens with two attached hydrogens (primary N) is 1. The van der Waals surface area contributed by atoms with E-state index in [0.29, 0.717) is 29.4 Å². The number of hydrogen-bond acceptors (Lipinski definition) is 4. The van der Waals surface area contributed by atoms with E-state index in [1.807, 2.05) is 11.9 Å². The summed E-state index contributed by atoms with van der Waals surface area (Å²) in [4.78, 5) is 13.8. The Morgan fingerprint density at radius 3 is 2.85 bits per heavy atom. The van der Waals surface area contributed by atoms with E-state index in [9.17, 15) is 9.90 Å². The van der Waals surface area contributed by atoms with Crippen LogP contribution >= 0.6 is 11.6 Å². The Morgan fingerprint density at radius 1 is 1.55 bits per heavy atom. The van der Waals surface area contributed by atoms with Gasteiger partial charge in [0.05, 0.1) is 16.8 Å². The summed E-state index contributed by atoms with van der Waals surface area (Å²) < 4.78 is 0. The molecule has 0 aliphatic heterocycles. The number of nitrogen functional groups attached to an aromatic ring is 1. The number of hydrogen-bond donors (Lipinski definition) is 3. The Hall–Kier alpha value is -1.30. The lowest BCUT2D eigenvalue weighted by atomic mass is 10.2. The maximum atomic E-state index is 11.8. The molecule has 0 spiro atoms. The summed E-state index contributed by atoms with van der Waals surface area (Å²) in [5.74, 6) is -0.0582. The van der Waals surface area contributed by atoms with E-state index in [1.54, 1.807) is 25.1 Å². The van der Waals surface area contributed by atoms with Crippen molar-refractivity contribution in [3.8, 4) is 0 Å². The second-order valence-electron chi connectivity index (χ2n) is 5.00. The number of carbonyl (C=O) groups excluding carboxylic acids is 1. The molecule has 20 heavy (non-hydrogen) atoms. The smallest absolute Gasteiger partial charge is 0.224 e. The molecule has 112 valence electrons. The summed E-state index contributed by atoms with van der Waals surface area (Å²) >= 11 is 5.81. The van der Waals surface area contributed by atoms with Crippen LogP contribution in [0.3, 0.4) is 0 Å². The molecule has 0 saturated heterocycles. The molecule has 0 aliphatic rings. The molecule has 4 N–H and O–H groups in total. The third-order valence-electron chi connectivity index (χ3n) is 2.80. The van der Waals surface area contributed by atoms with Crippen molar-refractivity contribution in [3.63, 3.8) is 0 Å². The molecule has 0 bridgehead atoms. The van der Waals surface area contributed by atoms with Crippen LogP contribution in [0.1, 0.15) is 19.8 Å². The summed E-state index contributed by atoms with van der Waals surface area (Å²) in [6.45, 7) is 3.12. The zero-order valence-electron chi connectivity index (χ0n) is 11.9. The van der Waals surface area contributed by atoms with Crippen LogP contribution in [0.5, 0.6) is 0 Å². The van der Waals surface area contributed by atoms with Gasteiger partial charge in [-0.1, -0.05) is 11.6 Å². The van der Waals surface area contributed by atoms with Crippen molar-refractivity contribution in [1.29, 1.82) is 0 Å². The maximum absolute atomic E-state index is 11.8. The number of likely N-dealkylation sites (N-methyl/N-ethyl adjacent to an activating group) is 1. The third kappa shape index (κ3) is 6.23. The van der Waals surface area contributed by atoms with Crippen LogP contribution in [0, 0.1) is 0 Å². The maximum Gasteiger partial charge on any atom is 0.224 e. The van der Waals surface area contributed by atoms with Gasteiger partial charge in [-0.05, 0) is 45.1 Å².